The van der Waals surface area contributed by atoms with E-state index >= 15 is 0 Å². The van der Waals surface area contributed by atoms with E-state index in [9.17, 15) is 0 Å². The van der Waals surface area contributed by atoms with Gasteiger partial charge in [0.25, 0.3) is 0 Å². The van der Waals surface area contributed by atoms with Gasteiger partial charge in [-0.3, -0.25) is 9.58 Å². The van der Waals surface area contributed by atoms with Crippen LogP contribution in [0.5, 0.6) is 0 Å². The minimum absolute atomic E-state index is 0.358. The van der Waals surface area contributed by atoms with Crippen molar-refractivity contribution in [2.24, 2.45) is 0 Å². The van der Waals surface area contributed by atoms with Crippen molar-refractivity contribution in [3.63, 3.8) is 0 Å². The molecule has 0 bridgehead atoms. The Bertz CT molecular complexity index is 421. The number of nitrogens with zero attached hydrogens (tertiary/aromatic N) is 4. The van der Waals surface area contributed by atoms with E-state index < -0.39 is 0 Å². The Hall–Kier alpha value is -0.940. The predicted molar refractivity (Wildman–Crippen MR) is 74.8 cm³/mol. The van der Waals surface area contributed by atoms with Gasteiger partial charge in [0.1, 0.15) is 0 Å². The first-order valence-electron chi connectivity index (χ1n) is 7.51. The Morgan fingerprint density at radius 2 is 2.21 bits per heavy atom. The van der Waals surface area contributed by atoms with Gasteiger partial charge >= 0.3 is 0 Å². The molecule has 1 saturated carbocycles. The number of rotatable bonds is 6. The molecule has 3 rings (SSSR count). The summed E-state index contributed by atoms with van der Waals surface area (Å²) in [6, 6.07) is 0.732. The summed E-state index contributed by atoms with van der Waals surface area (Å²) in [5.41, 5.74) is 1.42. The first-order chi connectivity index (χ1) is 9.13. The van der Waals surface area contributed by atoms with Crippen LogP contribution >= 0.6 is 0 Å². The largest absolute Gasteiger partial charge is 0.308 e. The molecule has 0 spiro atoms. The lowest BCUT2D eigenvalue weighted by atomic mass is 10.0. The zero-order valence-corrected chi connectivity index (χ0v) is 12.1. The second kappa shape index (κ2) is 5.21. The quantitative estimate of drug-likeness (QED) is 0.843. The first-order valence-corrected chi connectivity index (χ1v) is 7.51. The Morgan fingerprint density at radius 1 is 1.37 bits per heavy atom. The molecule has 1 saturated heterocycles. The molecule has 1 aliphatic heterocycles. The van der Waals surface area contributed by atoms with Crippen molar-refractivity contribution in [2.75, 3.05) is 13.1 Å². The van der Waals surface area contributed by atoms with Crippen molar-refractivity contribution in [3.05, 3.63) is 11.9 Å². The zero-order valence-electron chi connectivity index (χ0n) is 12.1. The van der Waals surface area contributed by atoms with E-state index in [0.717, 1.165) is 31.4 Å². The number of likely N-dealkylation sites (tertiary alicyclic amines) is 1. The summed E-state index contributed by atoms with van der Waals surface area (Å²) in [7, 11) is 0. The van der Waals surface area contributed by atoms with E-state index in [1.54, 1.807) is 0 Å². The van der Waals surface area contributed by atoms with Gasteiger partial charge in [-0.1, -0.05) is 5.21 Å². The monoisotopic (exact) mass is 263 g/mol. The molecule has 0 radical (unpaired) electrons. The van der Waals surface area contributed by atoms with Gasteiger partial charge in [-0.25, -0.2) is 0 Å². The minimum atomic E-state index is 0.358. The van der Waals surface area contributed by atoms with Crippen LogP contribution in [0.2, 0.25) is 0 Å². The van der Waals surface area contributed by atoms with Crippen LogP contribution in [-0.2, 0) is 13.1 Å². The molecule has 2 aliphatic rings. The van der Waals surface area contributed by atoms with E-state index in [2.05, 4.69) is 40.6 Å². The molecule has 2 fully saturated rings. The molecule has 1 aromatic heterocycles. The van der Waals surface area contributed by atoms with Gasteiger partial charge in [0, 0.05) is 30.9 Å². The average Bonchev–Trinajstić information content (AvgIpc) is 2.99. The SMILES string of the molecule is CC1(C)CCCN1CCn1cc(CNC2CC2)nn1. The third kappa shape index (κ3) is 3.34. The van der Waals surface area contributed by atoms with E-state index in [0.29, 0.717) is 5.54 Å². The molecule has 0 aromatic carbocycles. The Balaban J connectivity index is 1.46. The third-order valence-electron chi connectivity index (χ3n) is 4.41. The maximum atomic E-state index is 4.23. The molecule has 106 valence electrons. The lowest BCUT2D eigenvalue weighted by molar-refractivity contribution is 0.166. The highest BCUT2D eigenvalue weighted by atomic mass is 15.4. The highest BCUT2D eigenvalue weighted by Crippen LogP contribution is 2.27. The molecular weight excluding hydrogens is 238 g/mol. The van der Waals surface area contributed by atoms with Gasteiger partial charge in [-0.15, -0.1) is 5.10 Å². The fourth-order valence-electron chi connectivity index (χ4n) is 2.87. The van der Waals surface area contributed by atoms with Crippen LogP contribution in [0, 0.1) is 0 Å². The zero-order chi connectivity index (χ0) is 13.3. The highest BCUT2D eigenvalue weighted by molar-refractivity contribution is 4.94. The van der Waals surface area contributed by atoms with Gasteiger partial charge in [0.05, 0.1) is 12.2 Å². The molecule has 0 amide bonds. The van der Waals surface area contributed by atoms with E-state index in [1.807, 2.05) is 4.68 Å². The molecule has 5 nitrogen and oxygen atoms in total. The van der Waals surface area contributed by atoms with Crippen molar-refractivity contribution in [1.29, 1.82) is 0 Å². The van der Waals surface area contributed by atoms with Crippen LogP contribution in [-0.4, -0.2) is 44.6 Å². The third-order valence-corrected chi connectivity index (χ3v) is 4.41. The van der Waals surface area contributed by atoms with Gasteiger partial charge in [0.15, 0.2) is 0 Å². The molecule has 5 heteroatoms. The summed E-state index contributed by atoms with van der Waals surface area (Å²) < 4.78 is 1.98. The smallest absolute Gasteiger partial charge is 0.0964 e. The van der Waals surface area contributed by atoms with E-state index in [1.165, 1.54) is 32.2 Å². The van der Waals surface area contributed by atoms with E-state index in [4.69, 9.17) is 0 Å². The maximum Gasteiger partial charge on any atom is 0.0964 e. The summed E-state index contributed by atoms with van der Waals surface area (Å²) in [5, 5.41) is 11.9. The lowest BCUT2D eigenvalue weighted by Gasteiger charge is -2.31. The normalized spacial score (nSPS) is 23.1. The van der Waals surface area contributed by atoms with Crippen molar-refractivity contribution in [1.82, 2.24) is 25.2 Å². The molecule has 1 N–H and O–H groups in total. The number of hydrogen-bond donors (Lipinski definition) is 1. The number of aromatic nitrogens is 3. The molecular formula is C14H25N5. The average molecular weight is 263 g/mol. The van der Waals surface area contributed by atoms with Crippen molar-refractivity contribution in [2.45, 2.75) is 64.2 Å². The van der Waals surface area contributed by atoms with Gasteiger partial charge in [-0.05, 0) is 46.1 Å². The van der Waals surface area contributed by atoms with Crippen LogP contribution in [0.1, 0.15) is 45.2 Å². The summed E-state index contributed by atoms with van der Waals surface area (Å²) in [4.78, 5) is 2.57. The summed E-state index contributed by atoms with van der Waals surface area (Å²) >= 11 is 0. The predicted octanol–water partition coefficient (Wildman–Crippen LogP) is 1.40. The van der Waals surface area contributed by atoms with Crippen molar-refractivity contribution in [3.8, 4) is 0 Å². The van der Waals surface area contributed by atoms with Gasteiger partial charge in [0.2, 0.25) is 0 Å². The molecule has 2 heterocycles. The fourth-order valence-corrected chi connectivity index (χ4v) is 2.87. The van der Waals surface area contributed by atoms with Crippen molar-refractivity contribution < 1.29 is 0 Å². The first kappa shape index (κ1) is 13.1. The van der Waals surface area contributed by atoms with Crippen molar-refractivity contribution >= 4 is 0 Å². The van der Waals surface area contributed by atoms with Crippen LogP contribution < -0.4 is 5.32 Å². The minimum Gasteiger partial charge on any atom is -0.308 e. The topological polar surface area (TPSA) is 46.0 Å². The highest BCUT2D eigenvalue weighted by Gasteiger charge is 2.31. The number of nitrogens with one attached hydrogen (secondary N) is 1. The Labute approximate surface area is 115 Å². The maximum absolute atomic E-state index is 4.23. The molecule has 1 aromatic rings. The fraction of sp³-hybridized carbons (Fsp3) is 0.857. The second-order valence-electron chi connectivity index (χ2n) is 6.53. The summed E-state index contributed by atoms with van der Waals surface area (Å²) in [5.74, 6) is 0. The van der Waals surface area contributed by atoms with E-state index in [-0.39, 0.29) is 0 Å². The van der Waals surface area contributed by atoms with Crippen LogP contribution in [0.15, 0.2) is 6.20 Å². The summed E-state index contributed by atoms with van der Waals surface area (Å²) in [6.45, 7) is 8.78. The molecule has 0 atom stereocenters. The van der Waals surface area contributed by atoms with Gasteiger partial charge in [-0.2, -0.15) is 0 Å². The lowest BCUT2D eigenvalue weighted by Crippen LogP contribution is -2.40. The molecule has 0 unspecified atom stereocenters. The second-order valence-corrected chi connectivity index (χ2v) is 6.53. The standard InChI is InChI=1S/C14H25N5/c1-14(2)6-3-7-18(14)8-9-19-11-13(16-17-19)10-15-12-4-5-12/h11-12,15H,3-10H2,1-2H3. The number of hydrogen-bond acceptors (Lipinski definition) is 4. The van der Waals surface area contributed by atoms with Crippen LogP contribution in [0.3, 0.4) is 0 Å². The van der Waals surface area contributed by atoms with Crippen LogP contribution in [0.25, 0.3) is 0 Å². The Kier molecular flexibility index (Phi) is 3.58. The molecule has 19 heavy (non-hydrogen) atoms. The van der Waals surface area contributed by atoms with Crippen LogP contribution in [0.4, 0.5) is 0 Å². The summed E-state index contributed by atoms with van der Waals surface area (Å²) in [6.07, 6.45) is 7.34. The molecule has 1 aliphatic carbocycles. The van der Waals surface area contributed by atoms with Gasteiger partial charge < -0.3 is 5.32 Å². The Morgan fingerprint density at radius 3 is 2.89 bits per heavy atom.